The second-order valence-corrected chi connectivity index (χ2v) is 6.47. The van der Waals surface area contributed by atoms with Gasteiger partial charge >= 0.3 is 0 Å². The van der Waals surface area contributed by atoms with Gasteiger partial charge in [0.1, 0.15) is 0 Å². The zero-order valence-electron chi connectivity index (χ0n) is 12.4. The first-order valence-corrected chi connectivity index (χ1v) is 7.87. The normalized spacial score (nSPS) is 12.7. The van der Waals surface area contributed by atoms with E-state index in [0.717, 1.165) is 0 Å². The third-order valence-electron chi connectivity index (χ3n) is 3.22. The van der Waals surface area contributed by atoms with Gasteiger partial charge in [-0.2, -0.15) is 4.72 Å². The van der Waals surface area contributed by atoms with Crippen LogP contribution in [0.2, 0.25) is 0 Å². The zero-order chi connectivity index (χ0) is 16.4. The van der Waals surface area contributed by atoms with E-state index >= 15 is 0 Å². The molecule has 0 aromatic heterocycles. The van der Waals surface area contributed by atoms with Crippen LogP contribution in [0.3, 0.4) is 0 Å². The molecule has 0 saturated carbocycles. The zero-order valence-corrected chi connectivity index (χ0v) is 13.2. The van der Waals surface area contributed by atoms with E-state index in [-0.39, 0.29) is 16.1 Å². The number of sulfonamides is 1. The summed E-state index contributed by atoms with van der Waals surface area (Å²) >= 11 is 0. The molecule has 0 aliphatic heterocycles. The molecule has 0 bridgehead atoms. The average Bonchev–Trinajstić information content (AvgIpc) is 2.34. The molecule has 114 valence electrons. The van der Waals surface area contributed by atoms with Crippen molar-refractivity contribution in [3.63, 3.8) is 0 Å². The standard InChI is InChI=1S/C14H18N2O4S/c1-6-12(7-2)15-21(19,20)14-10(4)8-9(3)13(11(14)5)16(17)18/h1,8,12,15H,7H2,2-5H3. The second-order valence-electron chi connectivity index (χ2n) is 4.82. The van der Waals surface area contributed by atoms with Crippen LogP contribution in [0.25, 0.3) is 0 Å². The number of nitrogens with one attached hydrogen (secondary N) is 1. The number of terminal acetylenes is 1. The number of nitrogens with zero attached hydrogens (tertiary/aromatic N) is 1. The molecule has 0 aliphatic rings. The van der Waals surface area contributed by atoms with Crippen molar-refractivity contribution in [1.82, 2.24) is 4.72 Å². The summed E-state index contributed by atoms with van der Waals surface area (Å²) in [5, 5.41) is 11.1. The Bertz CT molecular complexity index is 717. The molecule has 1 unspecified atom stereocenters. The highest BCUT2D eigenvalue weighted by molar-refractivity contribution is 7.89. The van der Waals surface area contributed by atoms with Crippen molar-refractivity contribution in [1.29, 1.82) is 0 Å². The van der Waals surface area contributed by atoms with Gasteiger partial charge in [-0.15, -0.1) is 6.42 Å². The maximum absolute atomic E-state index is 12.5. The summed E-state index contributed by atoms with van der Waals surface area (Å²) in [7, 11) is -3.91. The Balaban J connectivity index is 3.54. The van der Waals surface area contributed by atoms with Crippen molar-refractivity contribution >= 4 is 15.7 Å². The number of hydrogen-bond donors (Lipinski definition) is 1. The van der Waals surface area contributed by atoms with E-state index in [1.54, 1.807) is 20.8 Å². The van der Waals surface area contributed by atoms with Crippen molar-refractivity contribution in [2.75, 3.05) is 0 Å². The molecular weight excluding hydrogens is 292 g/mol. The molecule has 21 heavy (non-hydrogen) atoms. The van der Waals surface area contributed by atoms with Gasteiger partial charge in [0.15, 0.2) is 0 Å². The number of nitro benzene ring substituents is 1. The molecule has 1 atom stereocenters. The maximum atomic E-state index is 12.5. The monoisotopic (exact) mass is 310 g/mol. The molecule has 6 nitrogen and oxygen atoms in total. The van der Waals surface area contributed by atoms with Gasteiger partial charge in [-0.05, 0) is 38.8 Å². The highest BCUT2D eigenvalue weighted by atomic mass is 32.2. The highest BCUT2D eigenvalue weighted by Crippen LogP contribution is 2.31. The SMILES string of the molecule is C#CC(CC)NS(=O)(=O)c1c(C)cc(C)c([N+](=O)[O-])c1C. The van der Waals surface area contributed by atoms with Crippen LogP contribution in [-0.4, -0.2) is 19.4 Å². The second kappa shape index (κ2) is 6.24. The number of rotatable bonds is 5. The number of hydrogen-bond acceptors (Lipinski definition) is 4. The summed E-state index contributed by atoms with van der Waals surface area (Å²) in [6.07, 6.45) is 5.69. The smallest absolute Gasteiger partial charge is 0.258 e. The lowest BCUT2D eigenvalue weighted by Crippen LogP contribution is -2.34. The van der Waals surface area contributed by atoms with E-state index in [9.17, 15) is 18.5 Å². The predicted octanol–water partition coefficient (Wildman–Crippen LogP) is 2.21. The van der Waals surface area contributed by atoms with E-state index in [4.69, 9.17) is 6.42 Å². The molecule has 7 heteroatoms. The molecule has 1 N–H and O–H groups in total. The van der Waals surface area contributed by atoms with Crippen LogP contribution in [0, 0.1) is 43.2 Å². The van der Waals surface area contributed by atoms with Crippen LogP contribution in [0.1, 0.15) is 30.0 Å². The highest BCUT2D eigenvalue weighted by Gasteiger charge is 2.28. The minimum Gasteiger partial charge on any atom is -0.258 e. The third kappa shape index (κ3) is 3.40. The van der Waals surface area contributed by atoms with Crippen molar-refractivity contribution in [3.05, 3.63) is 32.9 Å². The molecule has 0 aliphatic carbocycles. The molecule has 0 fully saturated rings. The molecular formula is C14H18N2O4S. The largest absolute Gasteiger partial charge is 0.276 e. The lowest BCUT2D eigenvalue weighted by atomic mass is 10.1. The summed E-state index contributed by atoms with van der Waals surface area (Å²) < 4.78 is 27.3. The van der Waals surface area contributed by atoms with Gasteiger partial charge in [-0.1, -0.05) is 12.8 Å². The van der Waals surface area contributed by atoms with Crippen LogP contribution in [0.4, 0.5) is 5.69 Å². The van der Waals surface area contributed by atoms with Gasteiger partial charge in [-0.25, -0.2) is 8.42 Å². The van der Waals surface area contributed by atoms with E-state index < -0.39 is 21.0 Å². The summed E-state index contributed by atoms with van der Waals surface area (Å²) in [6, 6.07) is 0.852. The van der Waals surface area contributed by atoms with Crippen LogP contribution < -0.4 is 4.72 Å². The maximum Gasteiger partial charge on any atom is 0.276 e. The van der Waals surface area contributed by atoms with E-state index in [1.807, 2.05) is 0 Å². The fourth-order valence-corrected chi connectivity index (χ4v) is 4.04. The lowest BCUT2D eigenvalue weighted by Gasteiger charge is -2.16. The predicted molar refractivity (Wildman–Crippen MR) is 80.5 cm³/mol. The van der Waals surface area contributed by atoms with Gasteiger partial charge in [0, 0.05) is 11.1 Å². The fourth-order valence-electron chi connectivity index (χ4n) is 2.33. The first-order chi connectivity index (χ1) is 9.65. The van der Waals surface area contributed by atoms with Gasteiger partial charge in [0.25, 0.3) is 5.69 Å². The van der Waals surface area contributed by atoms with Crippen molar-refractivity contribution in [2.24, 2.45) is 0 Å². The molecule has 0 saturated heterocycles. The first kappa shape index (κ1) is 17.1. The minimum absolute atomic E-state index is 0.0755. The average molecular weight is 310 g/mol. The van der Waals surface area contributed by atoms with Crippen LogP contribution in [-0.2, 0) is 10.0 Å². The number of benzene rings is 1. The summed E-state index contributed by atoms with van der Waals surface area (Å²) in [5.41, 5.74) is 0.819. The Hall–Kier alpha value is -1.91. The molecule has 1 aromatic rings. The van der Waals surface area contributed by atoms with Gasteiger partial charge in [0.05, 0.1) is 15.9 Å². The Morgan fingerprint density at radius 2 is 1.95 bits per heavy atom. The van der Waals surface area contributed by atoms with Gasteiger partial charge in [0.2, 0.25) is 10.0 Å². The Labute approximate surface area is 124 Å². The van der Waals surface area contributed by atoms with Gasteiger partial charge < -0.3 is 0 Å². The van der Waals surface area contributed by atoms with E-state index in [2.05, 4.69) is 10.6 Å². The Kier molecular flexibility index (Phi) is 5.10. The van der Waals surface area contributed by atoms with Crippen molar-refractivity contribution < 1.29 is 13.3 Å². The number of nitro groups is 1. The summed E-state index contributed by atoms with van der Waals surface area (Å²) in [5.74, 6) is 2.34. The van der Waals surface area contributed by atoms with E-state index in [1.165, 1.54) is 13.0 Å². The van der Waals surface area contributed by atoms with Crippen LogP contribution in [0.5, 0.6) is 0 Å². The number of aryl methyl sites for hydroxylation is 2. The third-order valence-corrected chi connectivity index (χ3v) is 4.98. The Morgan fingerprint density at radius 1 is 1.38 bits per heavy atom. The topological polar surface area (TPSA) is 89.3 Å². The van der Waals surface area contributed by atoms with Crippen molar-refractivity contribution in [2.45, 2.75) is 45.1 Å². The molecule has 0 heterocycles. The Morgan fingerprint density at radius 3 is 2.38 bits per heavy atom. The minimum atomic E-state index is -3.91. The first-order valence-electron chi connectivity index (χ1n) is 6.39. The fraction of sp³-hybridized carbons (Fsp3) is 0.429. The van der Waals surface area contributed by atoms with Crippen LogP contribution in [0.15, 0.2) is 11.0 Å². The molecule has 0 radical (unpaired) electrons. The quantitative estimate of drug-likeness (QED) is 0.513. The van der Waals surface area contributed by atoms with E-state index in [0.29, 0.717) is 17.5 Å². The molecule has 1 aromatic carbocycles. The van der Waals surface area contributed by atoms with Gasteiger partial charge in [-0.3, -0.25) is 10.1 Å². The molecule has 1 rings (SSSR count). The summed E-state index contributed by atoms with van der Waals surface area (Å²) in [4.78, 5) is 10.5. The lowest BCUT2D eigenvalue weighted by molar-refractivity contribution is -0.386. The van der Waals surface area contributed by atoms with Crippen molar-refractivity contribution in [3.8, 4) is 12.3 Å². The van der Waals surface area contributed by atoms with Crippen LogP contribution >= 0.6 is 0 Å². The molecule has 0 spiro atoms. The summed E-state index contributed by atoms with van der Waals surface area (Å²) in [6.45, 7) is 6.38. The molecule has 0 amide bonds.